The number of rotatable bonds is 2. The molecule has 5 heteroatoms. The number of oxime groups is 1. The molecule has 112 valence electrons. The minimum atomic E-state index is -0.465. The molecule has 2 bridgehead atoms. The SMILES string of the molecule is CO/N=C/C1=CCC[C@H]2CC[C@@H]1N2C(=O)OC(C)(C)C. The fourth-order valence-electron chi connectivity index (χ4n) is 2.92. The molecule has 2 aliphatic heterocycles. The largest absolute Gasteiger partial charge is 0.444 e. The van der Waals surface area contributed by atoms with Crippen molar-refractivity contribution in [2.24, 2.45) is 5.16 Å². The second-order valence-corrected chi connectivity index (χ2v) is 6.33. The van der Waals surface area contributed by atoms with Crippen molar-refractivity contribution in [1.29, 1.82) is 0 Å². The van der Waals surface area contributed by atoms with Crippen molar-refractivity contribution >= 4 is 12.3 Å². The lowest BCUT2D eigenvalue weighted by atomic mass is 10.0. The van der Waals surface area contributed by atoms with Gasteiger partial charge >= 0.3 is 6.09 Å². The Balaban J connectivity index is 2.18. The van der Waals surface area contributed by atoms with Crippen LogP contribution in [0, 0.1) is 0 Å². The molecule has 2 heterocycles. The highest BCUT2D eigenvalue weighted by Crippen LogP contribution is 2.35. The van der Waals surface area contributed by atoms with Crippen molar-refractivity contribution < 1.29 is 14.4 Å². The average molecular weight is 280 g/mol. The molecular formula is C15H24N2O3. The van der Waals surface area contributed by atoms with E-state index in [0.29, 0.717) is 0 Å². The van der Waals surface area contributed by atoms with E-state index in [-0.39, 0.29) is 18.2 Å². The Labute approximate surface area is 120 Å². The molecule has 0 N–H and O–H groups in total. The lowest BCUT2D eigenvalue weighted by Crippen LogP contribution is -2.44. The number of allylic oxidation sites excluding steroid dienone is 1. The van der Waals surface area contributed by atoms with Crippen molar-refractivity contribution in [2.45, 2.75) is 64.1 Å². The van der Waals surface area contributed by atoms with Gasteiger partial charge in [0, 0.05) is 6.04 Å². The van der Waals surface area contributed by atoms with Crippen molar-refractivity contribution in [3.8, 4) is 0 Å². The molecule has 0 aromatic rings. The molecule has 2 aliphatic rings. The summed E-state index contributed by atoms with van der Waals surface area (Å²) >= 11 is 0. The second kappa shape index (κ2) is 5.85. The Morgan fingerprint density at radius 3 is 2.80 bits per heavy atom. The van der Waals surface area contributed by atoms with Gasteiger partial charge in [-0.25, -0.2) is 4.79 Å². The number of carbonyl (C=O) groups excluding carboxylic acids is 1. The van der Waals surface area contributed by atoms with E-state index in [2.05, 4.69) is 11.2 Å². The Bertz CT molecular complexity index is 423. The smallest absolute Gasteiger partial charge is 0.411 e. The molecule has 1 saturated heterocycles. The lowest BCUT2D eigenvalue weighted by Gasteiger charge is -2.31. The maximum Gasteiger partial charge on any atom is 0.411 e. The number of hydrogen-bond donors (Lipinski definition) is 0. The van der Waals surface area contributed by atoms with Crippen LogP contribution in [0.15, 0.2) is 16.8 Å². The molecule has 0 saturated carbocycles. The topological polar surface area (TPSA) is 51.1 Å². The van der Waals surface area contributed by atoms with E-state index in [9.17, 15) is 4.79 Å². The van der Waals surface area contributed by atoms with Crippen LogP contribution in [0.2, 0.25) is 0 Å². The van der Waals surface area contributed by atoms with Gasteiger partial charge < -0.3 is 9.57 Å². The van der Waals surface area contributed by atoms with Crippen LogP contribution < -0.4 is 0 Å². The zero-order valence-corrected chi connectivity index (χ0v) is 12.8. The van der Waals surface area contributed by atoms with E-state index in [1.807, 2.05) is 25.7 Å². The summed E-state index contributed by atoms with van der Waals surface area (Å²) in [6.45, 7) is 5.69. The fourth-order valence-corrected chi connectivity index (χ4v) is 2.92. The van der Waals surface area contributed by atoms with Gasteiger partial charge in [0.25, 0.3) is 0 Å². The number of carbonyl (C=O) groups is 1. The normalized spacial score (nSPS) is 26.4. The highest BCUT2D eigenvalue weighted by molar-refractivity contribution is 5.82. The van der Waals surface area contributed by atoms with Crippen LogP contribution in [-0.4, -0.2) is 42.0 Å². The first-order valence-corrected chi connectivity index (χ1v) is 7.20. The van der Waals surface area contributed by atoms with E-state index in [1.165, 1.54) is 7.11 Å². The minimum Gasteiger partial charge on any atom is -0.444 e. The van der Waals surface area contributed by atoms with Gasteiger partial charge in [-0.15, -0.1) is 0 Å². The molecule has 1 amide bonds. The Morgan fingerprint density at radius 2 is 2.15 bits per heavy atom. The van der Waals surface area contributed by atoms with Crippen LogP contribution in [0.1, 0.15) is 46.5 Å². The van der Waals surface area contributed by atoms with Crippen LogP contribution in [0.5, 0.6) is 0 Å². The molecule has 1 fully saturated rings. The maximum absolute atomic E-state index is 12.4. The summed E-state index contributed by atoms with van der Waals surface area (Å²) in [5.74, 6) is 0. The first-order chi connectivity index (χ1) is 9.42. The molecule has 0 aromatic heterocycles. The van der Waals surface area contributed by atoms with E-state index < -0.39 is 5.60 Å². The summed E-state index contributed by atoms with van der Waals surface area (Å²) in [4.78, 5) is 19.1. The van der Waals surface area contributed by atoms with Crippen LogP contribution in [0.4, 0.5) is 4.79 Å². The van der Waals surface area contributed by atoms with Crippen LogP contribution in [0.3, 0.4) is 0 Å². The molecule has 0 radical (unpaired) electrons. The van der Waals surface area contributed by atoms with E-state index in [1.54, 1.807) is 6.21 Å². The first kappa shape index (κ1) is 14.9. The van der Waals surface area contributed by atoms with Gasteiger partial charge in [-0.3, -0.25) is 4.90 Å². The van der Waals surface area contributed by atoms with Crippen molar-refractivity contribution in [2.75, 3.05) is 7.11 Å². The van der Waals surface area contributed by atoms with Gasteiger partial charge in [0.15, 0.2) is 0 Å². The molecule has 0 unspecified atom stereocenters. The summed E-state index contributed by atoms with van der Waals surface area (Å²) < 4.78 is 5.55. The van der Waals surface area contributed by atoms with Crippen molar-refractivity contribution in [3.05, 3.63) is 11.6 Å². The summed E-state index contributed by atoms with van der Waals surface area (Å²) in [6.07, 6.45) is 7.60. The highest BCUT2D eigenvalue weighted by atomic mass is 16.6. The van der Waals surface area contributed by atoms with Gasteiger partial charge in [-0.2, -0.15) is 0 Å². The number of ether oxygens (including phenoxy) is 1. The third kappa shape index (κ3) is 3.32. The number of hydrogen-bond acceptors (Lipinski definition) is 4. The average Bonchev–Trinajstić information content (AvgIpc) is 2.64. The van der Waals surface area contributed by atoms with Crippen LogP contribution >= 0.6 is 0 Å². The molecule has 5 nitrogen and oxygen atoms in total. The van der Waals surface area contributed by atoms with Gasteiger partial charge in [0.2, 0.25) is 0 Å². The molecule has 20 heavy (non-hydrogen) atoms. The molecule has 0 aliphatic carbocycles. The molecule has 0 spiro atoms. The number of nitrogens with zero attached hydrogens (tertiary/aromatic N) is 2. The lowest BCUT2D eigenvalue weighted by molar-refractivity contribution is 0.0176. The maximum atomic E-state index is 12.4. The van der Waals surface area contributed by atoms with Crippen LogP contribution in [-0.2, 0) is 9.57 Å². The van der Waals surface area contributed by atoms with Crippen molar-refractivity contribution in [3.63, 3.8) is 0 Å². The van der Waals surface area contributed by atoms with Gasteiger partial charge in [-0.1, -0.05) is 11.2 Å². The fraction of sp³-hybridized carbons (Fsp3) is 0.733. The Morgan fingerprint density at radius 1 is 1.40 bits per heavy atom. The minimum absolute atomic E-state index is 0.0660. The van der Waals surface area contributed by atoms with Gasteiger partial charge in [0.05, 0.1) is 12.3 Å². The first-order valence-electron chi connectivity index (χ1n) is 7.20. The summed E-state index contributed by atoms with van der Waals surface area (Å²) in [7, 11) is 1.52. The van der Waals surface area contributed by atoms with E-state index >= 15 is 0 Å². The van der Waals surface area contributed by atoms with Crippen LogP contribution in [0.25, 0.3) is 0 Å². The second-order valence-electron chi connectivity index (χ2n) is 6.33. The zero-order valence-electron chi connectivity index (χ0n) is 12.8. The Hall–Kier alpha value is -1.52. The number of fused-ring (bicyclic) bond motifs is 2. The van der Waals surface area contributed by atoms with E-state index in [4.69, 9.17) is 9.57 Å². The van der Waals surface area contributed by atoms with E-state index in [0.717, 1.165) is 31.3 Å². The summed E-state index contributed by atoms with van der Waals surface area (Å²) in [6, 6.07) is 0.343. The highest BCUT2D eigenvalue weighted by Gasteiger charge is 2.41. The van der Waals surface area contributed by atoms with Crippen molar-refractivity contribution in [1.82, 2.24) is 4.90 Å². The molecule has 2 rings (SSSR count). The molecule has 2 atom stereocenters. The third-order valence-electron chi connectivity index (χ3n) is 3.68. The third-order valence-corrected chi connectivity index (χ3v) is 3.68. The van der Waals surface area contributed by atoms with Gasteiger partial charge in [0.1, 0.15) is 12.7 Å². The summed E-state index contributed by atoms with van der Waals surface area (Å²) in [5.41, 5.74) is 0.588. The Kier molecular flexibility index (Phi) is 4.35. The standard InChI is InChI=1S/C15H24N2O3/c1-15(2,3)20-14(18)17-12-7-5-6-11(10-16-19-4)13(17)9-8-12/h6,10,12-13H,5,7-9H2,1-4H3/b16-10+/t12-,13-/m0/s1. The number of amides is 1. The molecule has 0 aromatic carbocycles. The quantitative estimate of drug-likeness (QED) is 0.577. The monoisotopic (exact) mass is 280 g/mol. The predicted octanol–water partition coefficient (Wildman–Crippen LogP) is 3.11. The summed E-state index contributed by atoms with van der Waals surface area (Å²) in [5, 5.41) is 3.85. The zero-order chi connectivity index (χ0) is 14.8. The molecular weight excluding hydrogens is 256 g/mol. The van der Waals surface area contributed by atoms with Gasteiger partial charge in [-0.05, 0) is 52.0 Å². The predicted molar refractivity (Wildman–Crippen MR) is 77.7 cm³/mol.